The van der Waals surface area contributed by atoms with E-state index in [1.165, 1.54) is 0 Å². The summed E-state index contributed by atoms with van der Waals surface area (Å²) in [6.07, 6.45) is 2.28. The van der Waals surface area contributed by atoms with Gasteiger partial charge in [-0.05, 0) is 29.9 Å². The highest BCUT2D eigenvalue weighted by molar-refractivity contribution is 5.89. The van der Waals surface area contributed by atoms with Gasteiger partial charge < -0.3 is 4.90 Å². The fraction of sp³-hybridized carbons (Fsp3) is 0.462. The Morgan fingerprint density at radius 3 is 2.67 bits per heavy atom. The van der Waals surface area contributed by atoms with Crippen molar-refractivity contribution in [2.75, 3.05) is 0 Å². The summed E-state index contributed by atoms with van der Waals surface area (Å²) >= 11 is 0. The average Bonchev–Trinajstić information content (AvgIpc) is 3.22. The SMILES string of the molecule is [N-]=[N+]=N[C@H]1C(=O)N(Cc2ccccc2)[C@@H]1C1CC1. The lowest BCUT2D eigenvalue weighted by Gasteiger charge is -2.45. The third-order valence-corrected chi connectivity index (χ3v) is 3.70. The highest BCUT2D eigenvalue weighted by atomic mass is 16.2. The lowest BCUT2D eigenvalue weighted by Crippen LogP contribution is -2.64. The van der Waals surface area contributed by atoms with Gasteiger partial charge in [-0.25, -0.2) is 0 Å². The van der Waals surface area contributed by atoms with Crippen LogP contribution in [0.2, 0.25) is 0 Å². The summed E-state index contributed by atoms with van der Waals surface area (Å²) in [6.45, 7) is 0.623. The molecule has 1 saturated heterocycles. The second-order valence-corrected chi connectivity index (χ2v) is 4.93. The van der Waals surface area contributed by atoms with Gasteiger partial charge >= 0.3 is 0 Å². The topological polar surface area (TPSA) is 69.1 Å². The Balaban J connectivity index is 1.76. The van der Waals surface area contributed by atoms with Crippen LogP contribution in [0.4, 0.5) is 0 Å². The molecule has 2 fully saturated rings. The van der Waals surface area contributed by atoms with Crippen LogP contribution in [0.3, 0.4) is 0 Å². The van der Waals surface area contributed by atoms with Gasteiger partial charge in [-0.1, -0.05) is 35.4 Å². The van der Waals surface area contributed by atoms with Crippen molar-refractivity contribution in [3.8, 4) is 0 Å². The Hall–Kier alpha value is -2.00. The summed E-state index contributed by atoms with van der Waals surface area (Å²) in [6, 6.07) is 9.58. The van der Waals surface area contributed by atoms with Gasteiger partial charge in [0.2, 0.25) is 5.91 Å². The van der Waals surface area contributed by atoms with E-state index in [0.29, 0.717) is 12.5 Å². The molecule has 0 N–H and O–H groups in total. The maximum atomic E-state index is 12.0. The molecule has 0 spiro atoms. The molecule has 3 rings (SSSR count). The van der Waals surface area contributed by atoms with Crippen molar-refractivity contribution in [1.82, 2.24) is 4.90 Å². The summed E-state index contributed by atoms with van der Waals surface area (Å²) in [5, 5.41) is 3.63. The first-order valence-electron chi connectivity index (χ1n) is 6.20. The van der Waals surface area contributed by atoms with E-state index in [2.05, 4.69) is 10.0 Å². The minimum atomic E-state index is -0.466. The summed E-state index contributed by atoms with van der Waals surface area (Å²) in [5.41, 5.74) is 9.62. The molecule has 1 amide bonds. The van der Waals surface area contributed by atoms with Crippen LogP contribution >= 0.6 is 0 Å². The first kappa shape index (κ1) is 11.1. The van der Waals surface area contributed by atoms with Crippen LogP contribution in [-0.4, -0.2) is 22.9 Å². The number of β-lactam (4-membered cyclic amide) rings is 1. The maximum Gasteiger partial charge on any atom is 0.234 e. The Kier molecular flexibility index (Phi) is 2.68. The van der Waals surface area contributed by atoms with E-state index in [9.17, 15) is 4.79 Å². The summed E-state index contributed by atoms with van der Waals surface area (Å²) < 4.78 is 0. The minimum absolute atomic E-state index is 0.0337. The second-order valence-electron chi connectivity index (χ2n) is 4.93. The summed E-state index contributed by atoms with van der Waals surface area (Å²) in [4.78, 5) is 16.6. The molecule has 92 valence electrons. The van der Waals surface area contributed by atoms with Crippen LogP contribution in [-0.2, 0) is 11.3 Å². The molecule has 2 aliphatic rings. The number of azide groups is 1. The van der Waals surface area contributed by atoms with Gasteiger partial charge in [0.05, 0.1) is 6.04 Å². The third kappa shape index (κ3) is 1.83. The van der Waals surface area contributed by atoms with Crippen LogP contribution < -0.4 is 0 Å². The van der Waals surface area contributed by atoms with E-state index in [1.54, 1.807) is 0 Å². The standard InChI is InChI=1S/C13H14N4O/c14-16-15-11-12(10-6-7-10)17(13(11)18)8-9-4-2-1-3-5-9/h1-5,10-12H,6-8H2/t11-,12-/m1/s1. The fourth-order valence-corrected chi connectivity index (χ4v) is 2.64. The zero-order valence-electron chi connectivity index (χ0n) is 9.94. The van der Waals surface area contributed by atoms with E-state index >= 15 is 0 Å². The van der Waals surface area contributed by atoms with E-state index in [4.69, 9.17) is 5.53 Å². The molecule has 0 unspecified atom stereocenters. The smallest absolute Gasteiger partial charge is 0.234 e. The summed E-state index contributed by atoms with van der Waals surface area (Å²) in [5.74, 6) is 0.496. The molecule has 1 aromatic carbocycles. The molecular weight excluding hydrogens is 228 g/mol. The lowest BCUT2D eigenvalue weighted by molar-refractivity contribution is -0.151. The highest BCUT2D eigenvalue weighted by Gasteiger charge is 2.53. The van der Waals surface area contributed by atoms with Crippen LogP contribution in [0.5, 0.6) is 0 Å². The normalized spacial score (nSPS) is 26.4. The number of hydrogen-bond donors (Lipinski definition) is 0. The first-order chi connectivity index (χ1) is 8.81. The largest absolute Gasteiger partial charge is 0.334 e. The molecular formula is C13H14N4O. The van der Waals surface area contributed by atoms with Crippen molar-refractivity contribution in [3.05, 3.63) is 46.3 Å². The van der Waals surface area contributed by atoms with E-state index in [1.807, 2.05) is 35.2 Å². The summed E-state index contributed by atoms with van der Waals surface area (Å²) in [7, 11) is 0. The van der Waals surface area contributed by atoms with Crippen molar-refractivity contribution >= 4 is 5.91 Å². The number of amides is 1. The molecule has 1 heterocycles. The molecule has 0 bridgehead atoms. The molecule has 1 saturated carbocycles. The predicted octanol–water partition coefficient (Wildman–Crippen LogP) is 2.49. The molecule has 5 heteroatoms. The third-order valence-electron chi connectivity index (χ3n) is 3.70. The molecule has 2 atom stereocenters. The predicted molar refractivity (Wildman–Crippen MR) is 66.4 cm³/mol. The van der Waals surface area contributed by atoms with E-state index < -0.39 is 6.04 Å². The molecule has 1 aliphatic carbocycles. The average molecular weight is 242 g/mol. The van der Waals surface area contributed by atoms with Gasteiger partial charge in [0.25, 0.3) is 0 Å². The van der Waals surface area contributed by atoms with Crippen LogP contribution in [0.15, 0.2) is 35.4 Å². The monoisotopic (exact) mass is 242 g/mol. The van der Waals surface area contributed by atoms with Crippen molar-refractivity contribution < 1.29 is 4.79 Å². The number of likely N-dealkylation sites (tertiary alicyclic amines) is 1. The van der Waals surface area contributed by atoms with Crippen LogP contribution in [0, 0.1) is 5.92 Å². The fourth-order valence-electron chi connectivity index (χ4n) is 2.64. The molecule has 1 aliphatic heterocycles. The van der Waals surface area contributed by atoms with Gasteiger partial charge in [-0.3, -0.25) is 4.79 Å². The van der Waals surface area contributed by atoms with Crippen molar-refractivity contribution in [1.29, 1.82) is 0 Å². The molecule has 5 nitrogen and oxygen atoms in total. The zero-order valence-corrected chi connectivity index (χ0v) is 9.94. The lowest BCUT2D eigenvalue weighted by atomic mass is 9.90. The van der Waals surface area contributed by atoms with E-state index in [0.717, 1.165) is 18.4 Å². The second kappa shape index (κ2) is 4.35. The Labute approximate surface area is 105 Å². The van der Waals surface area contributed by atoms with Crippen LogP contribution in [0.25, 0.3) is 10.4 Å². The van der Waals surface area contributed by atoms with Gasteiger partial charge in [0.1, 0.15) is 6.04 Å². The molecule has 18 heavy (non-hydrogen) atoms. The first-order valence-corrected chi connectivity index (χ1v) is 6.20. The van der Waals surface area contributed by atoms with Crippen LogP contribution in [0.1, 0.15) is 18.4 Å². The number of carbonyl (C=O) groups is 1. The Morgan fingerprint density at radius 1 is 1.33 bits per heavy atom. The molecule has 1 aromatic rings. The minimum Gasteiger partial charge on any atom is -0.334 e. The number of benzene rings is 1. The van der Waals surface area contributed by atoms with Crippen molar-refractivity contribution in [3.63, 3.8) is 0 Å². The van der Waals surface area contributed by atoms with Gasteiger partial charge in [0, 0.05) is 11.5 Å². The Bertz CT molecular complexity index is 505. The molecule has 0 radical (unpaired) electrons. The Morgan fingerprint density at radius 2 is 2.06 bits per heavy atom. The zero-order chi connectivity index (χ0) is 12.5. The maximum absolute atomic E-state index is 12.0. The van der Waals surface area contributed by atoms with Gasteiger partial charge in [0.15, 0.2) is 0 Å². The molecule has 0 aromatic heterocycles. The van der Waals surface area contributed by atoms with E-state index in [-0.39, 0.29) is 11.9 Å². The quantitative estimate of drug-likeness (QED) is 0.346. The van der Waals surface area contributed by atoms with Gasteiger partial charge in [-0.2, -0.15) is 0 Å². The highest BCUT2D eigenvalue weighted by Crippen LogP contribution is 2.43. The number of rotatable bonds is 4. The number of carbonyl (C=O) groups excluding carboxylic acids is 1. The van der Waals surface area contributed by atoms with Crippen molar-refractivity contribution in [2.45, 2.75) is 31.5 Å². The number of nitrogens with zero attached hydrogens (tertiary/aromatic N) is 4. The number of hydrogen-bond acceptors (Lipinski definition) is 2. The van der Waals surface area contributed by atoms with Crippen molar-refractivity contribution in [2.24, 2.45) is 11.0 Å². The van der Waals surface area contributed by atoms with Gasteiger partial charge in [-0.15, -0.1) is 0 Å².